The standard InChI is InChI=1S/C25H27N3O5/c1-3-15-32-19-8-6-18(7-9-19)23(29)21-22(20-10-5-17(2)33-20)28(25(31)24(21)30)13-4-12-27-14-11-26-16-27/h5-11,14,16,22,29H,3-4,12-13,15H2,1-2H3/b23-21+. The third-order valence-corrected chi connectivity index (χ3v) is 5.55. The van der Waals surface area contributed by atoms with Crippen LogP contribution in [-0.4, -0.2) is 44.4 Å². The minimum atomic E-state index is -0.794. The van der Waals surface area contributed by atoms with Crippen molar-refractivity contribution >= 4 is 17.4 Å². The smallest absolute Gasteiger partial charge is 0.295 e. The molecule has 0 aliphatic carbocycles. The van der Waals surface area contributed by atoms with Gasteiger partial charge in [0.2, 0.25) is 0 Å². The second-order valence-corrected chi connectivity index (χ2v) is 7.97. The molecular weight excluding hydrogens is 422 g/mol. The Hall–Kier alpha value is -3.81. The number of hydrogen-bond donors (Lipinski definition) is 1. The molecule has 8 nitrogen and oxygen atoms in total. The minimum absolute atomic E-state index is 0.0270. The molecule has 1 aromatic carbocycles. The third-order valence-electron chi connectivity index (χ3n) is 5.55. The Labute approximate surface area is 192 Å². The van der Waals surface area contributed by atoms with Crippen LogP contribution >= 0.6 is 0 Å². The van der Waals surface area contributed by atoms with Crippen molar-refractivity contribution in [1.82, 2.24) is 14.5 Å². The number of aryl methyl sites for hydroxylation is 2. The molecule has 33 heavy (non-hydrogen) atoms. The molecule has 1 saturated heterocycles. The highest BCUT2D eigenvalue weighted by molar-refractivity contribution is 6.46. The summed E-state index contributed by atoms with van der Waals surface area (Å²) >= 11 is 0. The van der Waals surface area contributed by atoms with E-state index in [0.717, 1.165) is 6.42 Å². The Kier molecular flexibility index (Phi) is 6.63. The fourth-order valence-corrected chi connectivity index (χ4v) is 3.93. The fraction of sp³-hybridized carbons (Fsp3) is 0.320. The Morgan fingerprint density at radius 3 is 2.58 bits per heavy atom. The summed E-state index contributed by atoms with van der Waals surface area (Å²) in [5, 5.41) is 11.1. The molecule has 3 heterocycles. The number of ketones is 1. The number of Topliss-reactive ketones (excluding diaryl/α,β-unsaturated/α-hetero) is 1. The molecule has 1 aliphatic rings. The quantitative estimate of drug-likeness (QED) is 0.300. The van der Waals surface area contributed by atoms with Crippen molar-refractivity contribution in [3.05, 3.63) is 77.8 Å². The molecule has 2 aromatic heterocycles. The third kappa shape index (κ3) is 4.69. The van der Waals surface area contributed by atoms with E-state index >= 15 is 0 Å². The van der Waals surface area contributed by atoms with E-state index < -0.39 is 17.7 Å². The van der Waals surface area contributed by atoms with Crippen LogP contribution < -0.4 is 4.74 Å². The Bertz CT molecular complexity index is 1150. The molecule has 1 fully saturated rings. The van der Waals surface area contributed by atoms with E-state index in [1.165, 1.54) is 4.90 Å². The number of furan rings is 1. The number of hydrogen-bond acceptors (Lipinski definition) is 6. The first-order valence-corrected chi connectivity index (χ1v) is 11.0. The maximum absolute atomic E-state index is 13.0. The van der Waals surface area contributed by atoms with Gasteiger partial charge in [0.15, 0.2) is 0 Å². The molecule has 1 aliphatic heterocycles. The Morgan fingerprint density at radius 2 is 1.94 bits per heavy atom. The highest BCUT2D eigenvalue weighted by Crippen LogP contribution is 2.40. The van der Waals surface area contributed by atoms with Crippen molar-refractivity contribution in [1.29, 1.82) is 0 Å². The number of imidazole rings is 1. The number of nitrogens with zero attached hydrogens (tertiary/aromatic N) is 3. The highest BCUT2D eigenvalue weighted by atomic mass is 16.5. The van der Waals surface area contributed by atoms with Gasteiger partial charge in [-0.1, -0.05) is 6.92 Å². The molecular formula is C25H27N3O5. The Morgan fingerprint density at radius 1 is 1.15 bits per heavy atom. The van der Waals surface area contributed by atoms with Crippen LogP contribution in [0.25, 0.3) is 5.76 Å². The first-order chi connectivity index (χ1) is 16.0. The molecule has 1 N–H and O–H groups in total. The maximum Gasteiger partial charge on any atom is 0.295 e. The first kappa shape index (κ1) is 22.4. The highest BCUT2D eigenvalue weighted by Gasteiger charge is 2.47. The van der Waals surface area contributed by atoms with Gasteiger partial charge in [0.25, 0.3) is 11.7 Å². The van der Waals surface area contributed by atoms with Gasteiger partial charge in [-0.05, 0) is 56.2 Å². The van der Waals surface area contributed by atoms with E-state index in [4.69, 9.17) is 9.15 Å². The minimum Gasteiger partial charge on any atom is -0.507 e. The number of aromatic nitrogens is 2. The average Bonchev–Trinajstić information content (AvgIpc) is 3.54. The van der Waals surface area contributed by atoms with Gasteiger partial charge in [0.05, 0.1) is 18.5 Å². The monoisotopic (exact) mass is 449 g/mol. The molecule has 0 bridgehead atoms. The number of amides is 1. The Balaban J connectivity index is 1.65. The summed E-state index contributed by atoms with van der Waals surface area (Å²) in [6.45, 7) is 5.38. The van der Waals surface area contributed by atoms with Gasteiger partial charge < -0.3 is 23.7 Å². The van der Waals surface area contributed by atoms with Gasteiger partial charge in [0, 0.05) is 31.0 Å². The van der Waals surface area contributed by atoms with Crippen molar-refractivity contribution < 1.29 is 23.8 Å². The number of rotatable bonds is 9. The van der Waals surface area contributed by atoms with Crippen LogP contribution in [0.15, 0.2) is 65.1 Å². The number of aliphatic hydroxyl groups is 1. The zero-order chi connectivity index (χ0) is 23.4. The van der Waals surface area contributed by atoms with Crippen LogP contribution in [0.1, 0.15) is 42.9 Å². The second kappa shape index (κ2) is 9.77. The lowest BCUT2D eigenvalue weighted by molar-refractivity contribution is -0.140. The van der Waals surface area contributed by atoms with Crippen molar-refractivity contribution in [2.75, 3.05) is 13.2 Å². The van der Waals surface area contributed by atoms with E-state index in [1.807, 2.05) is 17.7 Å². The second-order valence-electron chi connectivity index (χ2n) is 7.97. The van der Waals surface area contributed by atoms with Gasteiger partial charge in [0.1, 0.15) is 29.1 Å². The molecule has 1 unspecified atom stereocenters. The lowest BCUT2D eigenvalue weighted by atomic mass is 9.99. The van der Waals surface area contributed by atoms with Crippen molar-refractivity contribution in [2.45, 2.75) is 39.3 Å². The number of ether oxygens (including phenoxy) is 1. The van der Waals surface area contributed by atoms with Gasteiger partial charge in [-0.3, -0.25) is 9.59 Å². The molecule has 8 heteroatoms. The largest absolute Gasteiger partial charge is 0.507 e. The van der Waals surface area contributed by atoms with Gasteiger partial charge in [-0.25, -0.2) is 4.98 Å². The van der Waals surface area contributed by atoms with E-state index in [0.29, 0.717) is 49.0 Å². The summed E-state index contributed by atoms with van der Waals surface area (Å²) in [5.41, 5.74) is 0.461. The summed E-state index contributed by atoms with van der Waals surface area (Å²) in [5.74, 6) is 0.174. The predicted molar refractivity (Wildman–Crippen MR) is 122 cm³/mol. The zero-order valence-corrected chi connectivity index (χ0v) is 18.7. The van der Waals surface area contributed by atoms with Gasteiger partial charge in [-0.15, -0.1) is 0 Å². The van der Waals surface area contributed by atoms with Crippen molar-refractivity contribution in [2.24, 2.45) is 0 Å². The lowest BCUT2D eigenvalue weighted by Gasteiger charge is -2.23. The van der Waals surface area contributed by atoms with Crippen molar-refractivity contribution in [3.8, 4) is 5.75 Å². The van der Waals surface area contributed by atoms with Gasteiger partial charge in [-0.2, -0.15) is 0 Å². The summed E-state index contributed by atoms with van der Waals surface area (Å²) in [4.78, 5) is 31.5. The molecule has 4 rings (SSSR count). The van der Waals surface area contributed by atoms with E-state index in [9.17, 15) is 14.7 Å². The van der Waals surface area contributed by atoms with Crippen LogP contribution in [0.2, 0.25) is 0 Å². The van der Waals surface area contributed by atoms with Crippen LogP contribution in [0.4, 0.5) is 0 Å². The molecule has 0 spiro atoms. The zero-order valence-electron chi connectivity index (χ0n) is 18.7. The summed E-state index contributed by atoms with van der Waals surface area (Å²) in [7, 11) is 0. The summed E-state index contributed by atoms with van der Waals surface area (Å²) in [6.07, 6.45) is 6.73. The van der Waals surface area contributed by atoms with Crippen LogP contribution in [-0.2, 0) is 16.1 Å². The normalized spacial score (nSPS) is 17.6. The number of benzene rings is 1. The topological polar surface area (TPSA) is 97.8 Å². The lowest BCUT2D eigenvalue weighted by Crippen LogP contribution is -2.31. The average molecular weight is 450 g/mol. The van der Waals surface area contributed by atoms with E-state index in [1.54, 1.807) is 55.8 Å². The fourth-order valence-electron chi connectivity index (χ4n) is 3.93. The molecule has 172 valence electrons. The molecule has 1 amide bonds. The molecule has 0 saturated carbocycles. The van der Waals surface area contributed by atoms with Gasteiger partial charge >= 0.3 is 0 Å². The molecule has 0 radical (unpaired) electrons. The molecule has 1 atom stereocenters. The van der Waals surface area contributed by atoms with Crippen molar-refractivity contribution in [3.63, 3.8) is 0 Å². The summed E-state index contributed by atoms with van der Waals surface area (Å²) < 4.78 is 13.3. The van der Waals surface area contributed by atoms with Crippen LogP contribution in [0.3, 0.4) is 0 Å². The maximum atomic E-state index is 13.0. The first-order valence-electron chi connectivity index (χ1n) is 11.0. The number of likely N-dealkylation sites (tertiary alicyclic amines) is 1. The van der Waals surface area contributed by atoms with E-state index in [2.05, 4.69) is 4.98 Å². The SMILES string of the molecule is CCCOc1ccc(/C(O)=C2\C(=O)C(=O)N(CCCn3ccnc3)C2c2ccc(C)o2)cc1. The predicted octanol–water partition coefficient (Wildman–Crippen LogP) is 4.09. The van der Waals surface area contributed by atoms with E-state index in [-0.39, 0.29) is 11.3 Å². The van der Waals surface area contributed by atoms with Crippen LogP contribution in [0.5, 0.6) is 5.75 Å². The number of aliphatic hydroxyl groups excluding tert-OH is 1. The molecule has 3 aromatic rings. The number of carbonyl (C=O) groups is 2. The van der Waals surface area contributed by atoms with Crippen LogP contribution in [0, 0.1) is 6.92 Å². The number of carbonyl (C=O) groups excluding carboxylic acids is 2. The summed E-state index contributed by atoms with van der Waals surface area (Å²) in [6, 6.07) is 9.55.